The summed E-state index contributed by atoms with van der Waals surface area (Å²) in [6.07, 6.45) is 0.901. The first-order valence-corrected chi connectivity index (χ1v) is 7.37. The number of methoxy groups -OCH3 is 2. The first-order valence-electron chi connectivity index (χ1n) is 6.24. The van der Waals surface area contributed by atoms with Crippen LogP contribution in [-0.2, 0) is 14.8 Å². The Kier molecular flexibility index (Phi) is 8.62. The predicted octanol–water partition coefficient (Wildman–Crippen LogP) is 3.02. The van der Waals surface area contributed by atoms with E-state index in [1.165, 1.54) is 0 Å². The lowest BCUT2D eigenvalue weighted by atomic mass is 10.2. The van der Waals surface area contributed by atoms with Crippen molar-refractivity contribution in [2.45, 2.75) is 11.8 Å². The molecule has 0 bridgehead atoms. The Hall–Kier alpha value is -0.780. The molecule has 0 unspecified atom stereocenters. The van der Waals surface area contributed by atoms with Crippen molar-refractivity contribution in [3.05, 3.63) is 23.8 Å². The summed E-state index contributed by atoms with van der Waals surface area (Å²) in [4.78, 5) is 0. The van der Waals surface area contributed by atoms with Crippen LogP contribution in [0.3, 0.4) is 0 Å². The van der Waals surface area contributed by atoms with Crippen LogP contribution in [0.2, 0.25) is 0 Å². The fourth-order valence-electron chi connectivity index (χ4n) is 1.60. The van der Waals surface area contributed by atoms with Crippen LogP contribution in [0.5, 0.6) is 11.5 Å². The van der Waals surface area contributed by atoms with E-state index >= 15 is 0 Å². The molecular formula is C14H21BrO4. The summed E-state index contributed by atoms with van der Waals surface area (Å²) >= 11 is 3.44. The largest absolute Gasteiger partial charge is 0.493 e. The minimum atomic E-state index is 0.507. The van der Waals surface area contributed by atoms with Crippen molar-refractivity contribution in [3.63, 3.8) is 0 Å². The number of para-hydroxylation sites is 1. The highest BCUT2D eigenvalue weighted by Crippen LogP contribution is 2.32. The summed E-state index contributed by atoms with van der Waals surface area (Å²) in [6.45, 7) is 2.48. The van der Waals surface area contributed by atoms with E-state index in [2.05, 4.69) is 15.9 Å². The van der Waals surface area contributed by atoms with Gasteiger partial charge >= 0.3 is 0 Å². The molecule has 19 heavy (non-hydrogen) atoms. The van der Waals surface area contributed by atoms with Gasteiger partial charge in [0, 0.05) is 31.2 Å². The SMILES string of the molecule is COCCCOCCOc1c(CBr)cccc1OC. The van der Waals surface area contributed by atoms with Crippen LogP contribution in [-0.4, -0.2) is 40.6 Å². The molecule has 0 N–H and O–H groups in total. The zero-order valence-corrected chi connectivity index (χ0v) is 13.1. The molecule has 0 amide bonds. The van der Waals surface area contributed by atoms with Gasteiger partial charge in [0.25, 0.3) is 0 Å². The second-order valence-electron chi connectivity index (χ2n) is 3.89. The van der Waals surface area contributed by atoms with Gasteiger partial charge in [-0.3, -0.25) is 0 Å². The minimum Gasteiger partial charge on any atom is -0.493 e. The van der Waals surface area contributed by atoms with Gasteiger partial charge in [0.15, 0.2) is 11.5 Å². The van der Waals surface area contributed by atoms with Gasteiger partial charge in [0.05, 0.1) is 13.7 Å². The van der Waals surface area contributed by atoms with E-state index < -0.39 is 0 Å². The molecule has 108 valence electrons. The van der Waals surface area contributed by atoms with Crippen molar-refractivity contribution in [1.29, 1.82) is 0 Å². The number of ether oxygens (including phenoxy) is 4. The van der Waals surface area contributed by atoms with Crippen LogP contribution in [0.1, 0.15) is 12.0 Å². The Balaban J connectivity index is 2.35. The van der Waals surface area contributed by atoms with E-state index in [0.717, 1.165) is 35.4 Å². The second kappa shape index (κ2) is 10.1. The molecule has 0 atom stereocenters. The molecule has 0 spiro atoms. The Morgan fingerprint density at radius 3 is 2.58 bits per heavy atom. The summed E-state index contributed by atoms with van der Waals surface area (Å²) in [7, 11) is 3.33. The third-order valence-corrected chi connectivity index (χ3v) is 3.14. The molecule has 4 nitrogen and oxygen atoms in total. The van der Waals surface area contributed by atoms with Gasteiger partial charge < -0.3 is 18.9 Å². The van der Waals surface area contributed by atoms with Crippen molar-refractivity contribution in [2.75, 3.05) is 40.6 Å². The number of hydrogen-bond donors (Lipinski definition) is 0. The molecule has 1 aromatic carbocycles. The maximum atomic E-state index is 5.75. The van der Waals surface area contributed by atoms with Crippen molar-refractivity contribution in [3.8, 4) is 11.5 Å². The fourth-order valence-corrected chi connectivity index (χ4v) is 2.04. The molecule has 0 aliphatic carbocycles. The number of benzene rings is 1. The number of hydrogen-bond acceptors (Lipinski definition) is 4. The van der Waals surface area contributed by atoms with E-state index in [1.807, 2.05) is 18.2 Å². The lowest BCUT2D eigenvalue weighted by molar-refractivity contribution is 0.0798. The average molecular weight is 333 g/mol. The van der Waals surface area contributed by atoms with E-state index in [0.29, 0.717) is 19.8 Å². The quantitative estimate of drug-likeness (QED) is 0.487. The maximum Gasteiger partial charge on any atom is 0.165 e. The molecule has 0 fully saturated rings. The third kappa shape index (κ3) is 5.80. The maximum absolute atomic E-state index is 5.75. The Morgan fingerprint density at radius 1 is 1.05 bits per heavy atom. The molecule has 0 heterocycles. The van der Waals surface area contributed by atoms with Gasteiger partial charge in [-0.2, -0.15) is 0 Å². The summed E-state index contributed by atoms with van der Waals surface area (Å²) in [6, 6.07) is 5.84. The van der Waals surface area contributed by atoms with E-state index in [4.69, 9.17) is 18.9 Å². The predicted molar refractivity (Wildman–Crippen MR) is 78.4 cm³/mol. The average Bonchev–Trinajstić information content (AvgIpc) is 2.46. The normalized spacial score (nSPS) is 10.5. The lowest BCUT2D eigenvalue weighted by Gasteiger charge is -2.14. The molecule has 0 radical (unpaired) electrons. The Bertz CT molecular complexity index is 335. The number of alkyl halides is 1. The standard InChI is InChI=1S/C14H21BrO4/c1-16-7-4-8-18-9-10-19-14-12(11-15)5-3-6-13(14)17-2/h3,5-6H,4,7-11H2,1-2H3. The van der Waals surface area contributed by atoms with Crippen LogP contribution in [0.25, 0.3) is 0 Å². The third-order valence-electron chi connectivity index (χ3n) is 2.54. The van der Waals surface area contributed by atoms with E-state index in [9.17, 15) is 0 Å². The van der Waals surface area contributed by atoms with Crippen LogP contribution >= 0.6 is 15.9 Å². The zero-order valence-electron chi connectivity index (χ0n) is 11.5. The first-order chi connectivity index (χ1) is 9.33. The first kappa shape index (κ1) is 16.3. The van der Waals surface area contributed by atoms with Crippen LogP contribution in [0.15, 0.2) is 18.2 Å². The zero-order chi connectivity index (χ0) is 13.9. The van der Waals surface area contributed by atoms with E-state index in [1.54, 1.807) is 14.2 Å². The highest BCUT2D eigenvalue weighted by atomic mass is 79.9. The summed E-state index contributed by atoms with van der Waals surface area (Å²) < 4.78 is 21.4. The molecule has 1 rings (SSSR count). The molecule has 1 aromatic rings. The number of halogens is 1. The van der Waals surface area contributed by atoms with Gasteiger partial charge in [-0.25, -0.2) is 0 Å². The number of rotatable bonds is 10. The van der Waals surface area contributed by atoms with Gasteiger partial charge in [-0.05, 0) is 12.5 Å². The van der Waals surface area contributed by atoms with Gasteiger partial charge in [-0.15, -0.1) is 0 Å². The van der Waals surface area contributed by atoms with Gasteiger partial charge in [-0.1, -0.05) is 28.1 Å². The topological polar surface area (TPSA) is 36.9 Å². The van der Waals surface area contributed by atoms with Gasteiger partial charge in [0.2, 0.25) is 0 Å². The summed E-state index contributed by atoms with van der Waals surface area (Å²) in [5.41, 5.74) is 1.07. The monoisotopic (exact) mass is 332 g/mol. The molecule has 0 aliphatic rings. The summed E-state index contributed by atoms with van der Waals surface area (Å²) in [5.74, 6) is 1.53. The second-order valence-corrected chi connectivity index (χ2v) is 4.45. The Labute approximate surface area is 123 Å². The molecule has 0 aromatic heterocycles. The van der Waals surface area contributed by atoms with Crippen molar-refractivity contribution >= 4 is 15.9 Å². The lowest BCUT2D eigenvalue weighted by Crippen LogP contribution is -2.10. The molecule has 0 saturated carbocycles. The van der Waals surface area contributed by atoms with E-state index in [-0.39, 0.29) is 0 Å². The minimum absolute atomic E-state index is 0.507. The molecule has 0 aliphatic heterocycles. The molecule has 5 heteroatoms. The summed E-state index contributed by atoms with van der Waals surface area (Å²) in [5, 5.41) is 0.730. The highest BCUT2D eigenvalue weighted by molar-refractivity contribution is 9.08. The fraction of sp³-hybridized carbons (Fsp3) is 0.571. The van der Waals surface area contributed by atoms with Crippen molar-refractivity contribution in [2.24, 2.45) is 0 Å². The molecular weight excluding hydrogens is 312 g/mol. The van der Waals surface area contributed by atoms with Crippen molar-refractivity contribution in [1.82, 2.24) is 0 Å². The molecule has 0 saturated heterocycles. The smallest absolute Gasteiger partial charge is 0.165 e. The van der Waals surface area contributed by atoms with Crippen molar-refractivity contribution < 1.29 is 18.9 Å². The van der Waals surface area contributed by atoms with Crippen LogP contribution in [0.4, 0.5) is 0 Å². The Morgan fingerprint density at radius 2 is 1.89 bits per heavy atom. The van der Waals surface area contributed by atoms with Gasteiger partial charge in [0.1, 0.15) is 6.61 Å². The highest BCUT2D eigenvalue weighted by Gasteiger charge is 2.09. The van der Waals surface area contributed by atoms with Crippen LogP contribution in [0, 0.1) is 0 Å². The van der Waals surface area contributed by atoms with Crippen LogP contribution < -0.4 is 9.47 Å².